The fourth-order valence-electron chi connectivity index (χ4n) is 3.60. The topological polar surface area (TPSA) is 40.5 Å². The van der Waals surface area contributed by atoms with Gasteiger partial charge in [0.05, 0.1) is 0 Å². The molecule has 0 spiro atoms. The van der Waals surface area contributed by atoms with E-state index in [1.54, 1.807) is 0 Å². The predicted octanol–water partition coefficient (Wildman–Crippen LogP) is 1.96. The number of aryl methyl sites for hydroxylation is 1. The molecule has 1 aliphatic carbocycles. The number of hydrogen-bond donors (Lipinski definition) is 1. The van der Waals surface area contributed by atoms with Crippen LogP contribution >= 0.6 is 0 Å². The third-order valence-electron chi connectivity index (χ3n) is 5.12. The number of carbonyl (C=O) groups is 1. The number of likely N-dealkylation sites (tertiary alicyclic amines) is 1. The summed E-state index contributed by atoms with van der Waals surface area (Å²) < 4.78 is 0. The molecule has 1 aromatic carbocycles. The number of carbonyl (C=O) groups excluding carboxylic acids is 1. The second-order valence-corrected chi connectivity index (χ2v) is 6.29. The first-order valence-corrected chi connectivity index (χ1v) is 7.63. The van der Waals surface area contributed by atoms with Gasteiger partial charge in [0.1, 0.15) is 5.60 Å². The van der Waals surface area contributed by atoms with Crippen molar-refractivity contribution in [1.29, 1.82) is 0 Å². The number of Topliss-reactive ketones (excluding diaryl/α,β-unsaturated/α-hetero) is 1. The number of benzene rings is 1. The zero-order chi connectivity index (χ0) is 14.2. The summed E-state index contributed by atoms with van der Waals surface area (Å²) in [6.45, 7) is 3.18. The van der Waals surface area contributed by atoms with E-state index < -0.39 is 5.60 Å². The van der Waals surface area contributed by atoms with Crippen LogP contribution in [0.15, 0.2) is 24.3 Å². The molecule has 0 bridgehead atoms. The molecule has 0 saturated carbocycles. The summed E-state index contributed by atoms with van der Waals surface area (Å²) in [7, 11) is 0. The van der Waals surface area contributed by atoms with E-state index in [1.165, 1.54) is 24.5 Å². The molecule has 1 heterocycles. The summed E-state index contributed by atoms with van der Waals surface area (Å²) in [6.07, 6.45) is 4.61. The van der Waals surface area contributed by atoms with Crippen LogP contribution in [0.1, 0.15) is 37.3 Å². The van der Waals surface area contributed by atoms with Gasteiger partial charge >= 0.3 is 0 Å². The van der Waals surface area contributed by atoms with Crippen LogP contribution < -0.4 is 0 Å². The van der Waals surface area contributed by atoms with Gasteiger partial charge < -0.3 is 5.11 Å². The van der Waals surface area contributed by atoms with Crippen LogP contribution in [0.3, 0.4) is 0 Å². The summed E-state index contributed by atoms with van der Waals surface area (Å²) in [5.74, 6) is -0.0776. The van der Waals surface area contributed by atoms with Gasteiger partial charge in [-0.2, -0.15) is 0 Å². The minimum atomic E-state index is -1.07. The Bertz CT molecular complexity index is 503. The van der Waals surface area contributed by atoms with Crippen LogP contribution in [0.2, 0.25) is 0 Å². The summed E-state index contributed by atoms with van der Waals surface area (Å²) in [5, 5.41) is 10.2. The number of ketones is 1. The van der Waals surface area contributed by atoms with Gasteiger partial charge in [0.25, 0.3) is 0 Å². The first kappa shape index (κ1) is 13.8. The maximum atomic E-state index is 11.5. The van der Waals surface area contributed by atoms with Gasteiger partial charge in [0.15, 0.2) is 5.78 Å². The lowest BCUT2D eigenvalue weighted by atomic mass is 9.83. The molecule has 3 rings (SSSR count). The maximum absolute atomic E-state index is 11.5. The molecular formula is C17H23NO2. The van der Waals surface area contributed by atoms with E-state index >= 15 is 0 Å². The van der Waals surface area contributed by atoms with Crippen LogP contribution in [0.4, 0.5) is 0 Å². The van der Waals surface area contributed by atoms with Crippen molar-refractivity contribution in [2.45, 2.75) is 50.7 Å². The third-order valence-corrected chi connectivity index (χ3v) is 5.12. The molecule has 1 saturated heterocycles. The summed E-state index contributed by atoms with van der Waals surface area (Å²) in [4.78, 5) is 14.0. The molecule has 0 amide bonds. The SMILES string of the molecule is CC(=O)C1(O)CCN(C2CCc3ccccc3C2)CC1. The molecule has 1 fully saturated rings. The molecular weight excluding hydrogens is 250 g/mol. The summed E-state index contributed by atoms with van der Waals surface area (Å²) in [6, 6.07) is 9.27. The largest absolute Gasteiger partial charge is 0.382 e. The maximum Gasteiger partial charge on any atom is 0.161 e. The molecule has 2 aliphatic rings. The lowest BCUT2D eigenvalue weighted by Gasteiger charge is -2.42. The molecule has 3 heteroatoms. The summed E-state index contributed by atoms with van der Waals surface area (Å²) >= 11 is 0. The highest BCUT2D eigenvalue weighted by Crippen LogP contribution is 2.29. The monoisotopic (exact) mass is 273 g/mol. The average Bonchev–Trinajstić information content (AvgIpc) is 2.47. The smallest absolute Gasteiger partial charge is 0.161 e. The third kappa shape index (κ3) is 2.52. The first-order chi connectivity index (χ1) is 9.58. The van der Waals surface area contributed by atoms with Crippen molar-refractivity contribution in [2.75, 3.05) is 13.1 Å². The van der Waals surface area contributed by atoms with Gasteiger partial charge in [-0.15, -0.1) is 0 Å². The minimum Gasteiger partial charge on any atom is -0.382 e. The molecule has 0 radical (unpaired) electrons. The highest BCUT2D eigenvalue weighted by molar-refractivity contribution is 5.84. The quantitative estimate of drug-likeness (QED) is 0.895. The Kier molecular flexibility index (Phi) is 3.65. The van der Waals surface area contributed by atoms with Crippen LogP contribution in [0.5, 0.6) is 0 Å². The second-order valence-electron chi connectivity index (χ2n) is 6.29. The highest BCUT2D eigenvalue weighted by Gasteiger charge is 2.38. The highest BCUT2D eigenvalue weighted by atomic mass is 16.3. The Morgan fingerprint density at radius 2 is 1.90 bits per heavy atom. The molecule has 1 unspecified atom stereocenters. The van der Waals surface area contributed by atoms with E-state index in [2.05, 4.69) is 29.2 Å². The van der Waals surface area contributed by atoms with Crippen molar-refractivity contribution in [1.82, 2.24) is 4.90 Å². The minimum absolute atomic E-state index is 0.0776. The number of piperidine rings is 1. The van der Waals surface area contributed by atoms with E-state index in [1.807, 2.05) is 0 Å². The normalized spacial score (nSPS) is 26.0. The Hall–Kier alpha value is -1.19. The molecule has 1 aromatic rings. The second kappa shape index (κ2) is 5.30. The van der Waals surface area contributed by atoms with E-state index in [0.29, 0.717) is 18.9 Å². The van der Waals surface area contributed by atoms with Crippen molar-refractivity contribution < 1.29 is 9.90 Å². The Morgan fingerprint density at radius 3 is 2.55 bits per heavy atom. The molecule has 1 N–H and O–H groups in total. The molecule has 1 atom stereocenters. The average molecular weight is 273 g/mol. The van der Waals surface area contributed by atoms with E-state index in [0.717, 1.165) is 25.9 Å². The van der Waals surface area contributed by atoms with E-state index in [4.69, 9.17) is 0 Å². The van der Waals surface area contributed by atoms with Gasteiger partial charge in [-0.3, -0.25) is 9.69 Å². The Morgan fingerprint density at radius 1 is 1.25 bits per heavy atom. The molecule has 108 valence electrons. The molecule has 3 nitrogen and oxygen atoms in total. The number of fused-ring (bicyclic) bond motifs is 1. The number of rotatable bonds is 2. The van der Waals surface area contributed by atoms with Crippen molar-refractivity contribution in [3.63, 3.8) is 0 Å². The molecule has 1 aliphatic heterocycles. The predicted molar refractivity (Wildman–Crippen MR) is 78.7 cm³/mol. The first-order valence-electron chi connectivity index (χ1n) is 7.63. The van der Waals surface area contributed by atoms with E-state index in [9.17, 15) is 9.90 Å². The van der Waals surface area contributed by atoms with Crippen LogP contribution in [-0.2, 0) is 17.6 Å². The standard InChI is InChI=1S/C17H23NO2/c1-13(19)17(20)8-10-18(11-9-17)16-7-6-14-4-2-3-5-15(14)12-16/h2-5,16,20H,6-12H2,1H3. The van der Waals surface area contributed by atoms with Crippen molar-refractivity contribution in [3.05, 3.63) is 35.4 Å². The van der Waals surface area contributed by atoms with Crippen LogP contribution in [-0.4, -0.2) is 40.5 Å². The van der Waals surface area contributed by atoms with Gasteiger partial charge in [-0.25, -0.2) is 0 Å². The fourth-order valence-corrected chi connectivity index (χ4v) is 3.60. The Labute approximate surface area is 120 Å². The summed E-state index contributed by atoms with van der Waals surface area (Å²) in [5.41, 5.74) is 1.89. The zero-order valence-corrected chi connectivity index (χ0v) is 12.1. The van der Waals surface area contributed by atoms with Gasteiger partial charge in [-0.05, 0) is 50.2 Å². The number of hydrogen-bond acceptors (Lipinski definition) is 3. The van der Waals surface area contributed by atoms with Crippen LogP contribution in [0.25, 0.3) is 0 Å². The van der Waals surface area contributed by atoms with Gasteiger partial charge in [0, 0.05) is 19.1 Å². The zero-order valence-electron chi connectivity index (χ0n) is 12.1. The van der Waals surface area contributed by atoms with Crippen molar-refractivity contribution in [3.8, 4) is 0 Å². The number of nitrogens with zero attached hydrogens (tertiary/aromatic N) is 1. The van der Waals surface area contributed by atoms with E-state index in [-0.39, 0.29) is 5.78 Å². The fraction of sp³-hybridized carbons (Fsp3) is 0.588. The van der Waals surface area contributed by atoms with Crippen molar-refractivity contribution in [2.24, 2.45) is 0 Å². The lowest BCUT2D eigenvalue weighted by Crippen LogP contribution is -2.52. The number of aliphatic hydroxyl groups is 1. The van der Waals surface area contributed by atoms with Crippen LogP contribution in [0, 0.1) is 0 Å². The van der Waals surface area contributed by atoms with Gasteiger partial charge in [0.2, 0.25) is 0 Å². The lowest BCUT2D eigenvalue weighted by molar-refractivity contribution is -0.140. The molecule has 0 aromatic heterocycles. The van der Waals surface area contributed by atoms with Crippen molar-refractivity contribution >= 4 is 5.78 Å². The van der Waals surface area contributed by atoms with Gasteiger partial charge in [-0.1, -0.05) is 24.3 Å². The Balaban J connectivity index is 1.64. The molecule has 20 heavy (non-hydrogen) atoms.